The fourth-order valence-electron chi connectivity index (χ4n) is 3.84. The lowest BCUT2D eigenvalue weighted by Crippen LogP contribution is -2.45. The number of rotatable bonds is 5. The molecule has 3 heterocycles. The molecule has 0 N–H and O–H groups in total. The third kappa shape index (κ3) is 4.11. The van der Waals surface area contributed by atoms with Crippen LogP contribution in [0.5, 0.6) is 0 Å². The summed E-state index contributed by atoms with van der Waals surface area (Å²) in [6, 6.07) is 6.91. The molecule has 2 aliphatic rings. The summed E-state index contributed by atoms with van der Waals surface area (Å²) in [5.74, 6) is 1.43. The first-order valence-corrected chi connectivity index (χ1v) is 8.99. The third-order valence-corrected chi connectivity index (χ3v) is 5.57. The molecule has 3 rings (SSSR count). The van der Waals surface area contributed by atoms with Crippen LogP contribution in [-0.4, -0.2) is 60.2 Å². The van der Waals surface area contributed by atoms with Crippen molar-refractivity contribution in [3.8, 4) is 0 Å². The number of ether oxygens (including phenoxy) is 1. The maximum atomic E-state index is 6.15. The van der Waals surface area contributed by atoms with Crippen LogP contribution >= 0.6 is 0 Å². The summed E-state index contributed by atoms with van der Waals surface area (Å²) < 4.78 is 6.15. The molecule has 2 saturated heterocycles. The molecular weight excluding hydrogens is 286 g/mol. The monoisotopic (exact) mass is 317 g/mol. The number of piperidine rings is 1. The minimum absolute atomic E-state index is 0.390. The van der Waals surface area contributed by atoms with Gasteiger partial charge in [-0.15, -0.1) is 0 Å². The Labute approximate surface area is 140 Å². The summed E-state index contributed by atoms with van der Waals surface area (Å²) in [5.41, 5.74) is 2.30. The minimum Gasteiger partial charge on any atom is -0.376 e. The van der Waals surface area contributed by atoms with E-state index in [0.717, 1.165) is 37.9 Å². The molecule has 0 spiro atoms. The molecule has 4 heteroatoms. The maximum Gasteiger partial charge on any atom is 0.0745 e. The molecule has 0 aromatic carbocycles. The highest BCUT2D eigenvalue weighted by molar-refractivity contribution is 5.10. The normalized spacial score (nSPS) is 28.5. The highest BCUT2D eigenvalue weighted by Crippen LogP contribution is 2.35. The molecule has 1 aromatic rings. The molecule has 0 aliphatic carbocycles. The fraction of sp³-hybridized carbons (Fsp3) is 0.737. The number of fused-ring (bicyclic) bond motifs is 1. The number of hydrogen-bond donors (Lipinski definition) is 0. The van der Waals surface area contributed by atoms with Crippen LogP contribution in [0, 0.1) is 18.8 Å². The zero-order valence-corrected chi connectivity index (χ0v) is 15.0. The Kier molecular flexibility index (Phi) is 5.34. The molecule has 1 aromatic heterocycles. The van der Waals surface area contributed by atoms with Gasteiger partial charge < -0.3 is 9.64 Å². The lowest BCUT2D eigenvalue weighted by atomic mass is 9.84. The predicted octanol–water partition coefficient (Wildman–Crippen LogP) is 2.57. The standard InChI is InChI=1S/C19H31N3O/c1-14(2)21(4)12-19-18-11-22(9-8-16(18)13-23-19)10-17-7-5-6-15(3)20-17/h5-7,14,16,18-19H,8-13H2,1-4H3/t16-,18-,19+/m0/s1. The van der Waals surface area contributed by atoms with Crippen LogP contribution in [0.25, 0.3) is 0 Å². The average Bonchev–Trinajstić information content (AvgIpc) is 2.90. The molecule has 0 saturated carbocycles. The molecule has 0 unspecified atom stereocenters. The third-order valence-electron chi connectivity index (χ3n) is 5.57. The average molecular weight is 317 g/mol. The summed E-state index contributed by atoms with van der Waals surface area (Å²) in [7, 11) is 2.21. The first-order chi connectivity index (χ1) is 11.0. The van der Waals surface area contributed by atoms with E-state index in [1.54, 1.807) is 0 Å². The Balaban J connectivity index is 1.60. The van der Waals surface area contributed by atoms with Gasteiger partial charge in [0.25, 0.3) is 0 Å². The van der Waals surface area contributed by atoms with E-state index in [-0.39, 0.29) is 0 Å². The van der Waals surface area contributed by atoms with E-state index in [1.165, 1.54) is 18.7 Å². The van der Waals surface area contributed by atoms with Gasteiger partial charge >= 0.3 is 0 Å². The van der Waals surface area contributed by atoms with E-state index in [1.807, 2.05) is 0 Å². The van der Waals surface area contributed by atoms with Crippen LogP contribution in [0.4, 0.5) is 0 Å². The Hall–Kier alpha value is -0.970. The van der Waals surface area contributed by atoms with Crippen molar-refractivity contribution in [1.29, 1.82) is 0 Å². The van der Waals surface area contributed by atoms with Crippen molar-refractivity contribution in [3.05, 3.63) is 29.6 Å². The number of likely N-dealkylation sites (tertiary alicyclic amines) is 1. The second-order valence-corrected chi connectivity index (χ2v) is 7.62. The molecule has 2 aliphatic heterocycles. The van der Waals surface area contributed by atoms with E-state index < -0.39 is 0 Å². The van der Waals surface area contributed by atoms with Gasteiger partial charge in [0.1, 0.15) is 0 Å². The van der Waals surface area contributed by atoms with Crippen LogP contribution in [0.15, 0.2) is 18.2 Å². The summed E-state index contributed by atoms with van der Waals surface area (Å²) in [6.07, 6.45) is 1.65. The van der Waals surface area contributed by atoms with Crippen molar-refractivity contribution in [3.63, 3.8) is 0 Å². The molecule has 0 amide bonds. The van der Waals surface area contributed by atoms with Crippen molar-refractivity contribution < 1.29 is 4.74 Å². The van der Waals surface area contributed by atoms with Gasteiger partial charge in [0, 0.05) is 37.3 Å². The van der Waals surface area contributed by atoms with Crippen molar-refractivity contribution in [2.24, 2.45) is 11.8 Å². The topological polar surface area (TPSA) is 28.6 Å². The van der Waals surface area contributed by atoms with E-state index in [0.29, 0.717) is 18.1 Å². The van der Waals surface area contributed by atoms with Crippen LogP contribution in [-0.2, 0) is 11.3 Å². The first-order valence-electron chi connectivity index (χ1n) is 8.99. The number of nitrogens with zero attached hydrogens (tertiary/aromatic N) is 3. The zero-order chi connectivity index (χ0) is 16.4. The van der Waals surface area contributed by atoms with Crippen molar-refractivity contribution in [1.82, 2.24) is 14.8 Å². The Morgan fingerprint density at radius 3 is 2.96 bits per heavy atom. The van der Waals surface area contributed by atoms with Crippen LogP contribution in [0.1, 0.15) is 31.7 Å². The van der Waals surface area contributed by atoms with Crippen molar-refractivity contribution in [2.75, 3.05) is 33.3 Å². The minimum atomic E-state index is 0.390. The van der Waals surface area contributed by atoms with Gasteiger partial charge in [-0.3, -0.25) is 9.88 Å². The number of hydrogen-bond acceptors (Lipinski definition) is 4. The Morgan fingerprint density at radius 1 is 1.39 bits per heavy atom. The molecule has 0 radical (unpaired) electrons. The Bertz CT molecular complexity index is 519. The van der Waals surface area contributed by atoms with Crippen LogP contribution in [0.2, 0.25) is 0 Å². The van der Waals surface area contributed by atoms with Gasteiger partial charge in [0.05, 0.1) is 18.4 Å². The van der Waals surface area contributed by atoms with Gasteiger partial charge in [-0.05, 0) is 58.8 Å². The summed E-state index contributed by atoms with van der Waals surface area (Å²) in [5, 5.41) is 0. The fourth-order valence-corrected chi connectivity index (χ4v) is 3.84. The highest BCUT2D eigenvalue weighted by Gasteiger charge is 2.41. The second kappa shape index (κ2) is 7.29. The Morgan fingerprint density at radius 2 is 2.22 bits per heavy atom. The molecule has 23 heavy (non-hydrogen) atoms. The quantitative estimate of drug-likeness (QED) is 0.834. The summed E-state index contributed by atoms with van der Waals surface area (Å²) in [6.45, 7) is 11.9. The van der Waals surface area contributed by atoms with Gasteiger partial charge in [0.2, 0.25) is 0 Å². The number of aromatic nitrogens is 1. The van der Waals surface area contributed by atoms with Crippen molar-refractivity contribution in [2.45, 2.75) is 45.9 Å². The molecule has 3 atom stereocenters. The first kappa shape index (κ1) is 16.9. The van der Waals surface area contributed by atoms with Gasteiger partial charge in [-0.1, -0.05) is 6.07 Å². The summed E-state index contributed by atoms with van der Waals surface area (Å²) in [4.78, 5) is 9.64. The van der Waals surface area contributed by atoms with Crippen LogP contribution in [0.3, 0.4) is 0 Å². The van der Waals surface area contributed by atoms with Crippen LogP contribution < -0.4 is 0 Å². The van der Waals surface area contributed by atoms with E-state index in [4.69, 9.17) is 4.74 Å². The lowest BCUT2D eigenvalue weighted by molar-refractivity contribution is 0.0420. The van der Waals surface area contributed by atoms with Crippen molar-refractivity contribution >= 4 is 0 Å². The molecule has 0 bridgehead atoms. The largest absolute Gasteiger partial charge is 0.376 e. The van der Waals surface area contributed by atoms with E-state index >= 15 is 0 Å². The van der Waals surface area contributed by atoms with Gasteiger partial charge in [-0.25, -0.2) is 0 Å². The lowest BCUT2D eigenvalue weighted by Gasteiger charge is -2.37. The summed E-state index contributed by atoms with van der Waals surface area (Å²) >= 11 is 0. The SMILES string of the molecule is Cc1cccc(CN2CC[C@H]3CO[C@H](CN(C)C(C)C)[C@H]3C2)n1. The number of likely N-dealkylation sites (N-methyl/N-ethyl adjacent to an activating group) is 1. The number of aryl methyl sites for hydroxylation is 1. The van der Waals surface area contributed by atoms with E-state index in [2.05, 4.69) is 60.8 Å². The van der Waals surface area contributed by atoms with E-state index in [9.17, 15) is 0 Å². The molecule has 4 nitrogen and oxygen atoms in total. The molecule has 2 fully saturated rings. The number of pyridine rings is 1. The molecule has 128 valence electrons. The zero-order valence-electron chi connectivity index (χ0n) is 15.0. The van der Waals surface area contributed by atoms with Gasteiger partial charge in [0.15, 0.2) is 0 Å². The molecular formula is C19H31N3O. The smallest absolute Gasteiger partial charge is 0.0745 e. The maximum absolute atomic E-state index is 6.15. The highest BCUT2D eigenvalue weighted by atomic mass is 16.5. The predicted molar refractivity (Wildman–Crippen MR) is 93.4 cm³/mol. The second-order valence-electron chi connectivity index (χ2n) is 7.62. The van der Waals surface area contributed by atoms with Gasteiger partial charge in [-0.2, -0.15) is 0 Å².